The quantitative estimate of drug-likeness (QED) is 0.870. The Balaban J connectivity index is 1.87. The number of anilines is 1. The van der Waals surface area contributed by atoms with Gasteiger partial charge in [-0.3, -0.25) is 0 Å². The van der Waals surface area contributed by atoms with Crippen LogP contribution >= 0.6 is 0 Å². The van der Waals surface area contributed by atoms with Crippen LogP contribution in [-0.2, 0) is 16.4 Å². The number of nitrogens with two attached hydrogens (primary N) is 1. The van der Waals surface area contributed by atoms with E-state index in [1.165, 1.54) is 19.3 Å². The third-order valence-corrected chi connectivity index (χ3v) is 6.66. The highest BCUT2D eigenvalue weighted by molar-refractivity contribution is 7.89. The Morgan fingerprint density at radius 1 is 1.25 bits per heavy atom. The lowest BCUT2D eigenvalue weighted by atomic mass is 10.0. The number of hydrogen-bond donors (Lipinski definition) is 1. The molecule has 0 amide bonds. The smallest absolute Gasteiger partial charge is 0.243 e. The van der Waals surface area contributed by atoms with Gasteiger partial charge in [0, 0.05) is 18.8 Å². The molecule has 20 heavy (non-hydrogen) atoms. The molecule has 1 saturated carbocycles. The number of rotatable bonds is 3. The summed E-state index contributed by atoms with van der Waals surface area (Å²) in [5, 5.41) is 0. The first kappa shape index (κ1) is 13.9. The van der Waals surface area contributed by atoms with Gasteiger partial charge in [-0.05, 0) is 48.8 Å². The number of fused-ring (bicyclic) bond motifs is 1. The molecule has 1 aliphatic carbocycles. The van der Waals surface area contributed by atoms with Gasteiger partial charge in [0.2, 0.25) is 10.0 Å². The SMILES string of the molecule is CCc1ccc(S(=O)(=O)N2CC3CCCC3C2)cc1N. The third kappa shape index (κ3) is 2.23. The number of nitrogens with zero attached hydrogens (tertiary/aromatic N) is 1. The van der Waals surface area contributed by atoms with E-state index >= 15 is 0 Å². The van der Waals surface area contributed by atoms with Crippen LogP contribution in [0.5, 0.6) is 0 Å². The van der Waals surface area contributed by atoms with E-state index in [4.69, 9.17) is 5.73 Å². The summed E-state index contributed by atoms with van der Waals surface area (Å²) in [5.41, 5.74) is 7.52. The Morgan fingerprint density at radius 3 is 2.45 bits per heavy atom. The molecule has 4 nitrogen and oxygen atoms in total. The average Bonchev–Trinajstić information content (AvgIpc) is 2.99. The van der Waals surface area contributed by atoms with Gasteiger partial charge in [-0.25, -0.2) is 8.42 Å². The van der Waals surface area contributed by atoms with Gasteiger partial charge in [0.25, 0.3) is 0 Å². The fourth-order valence-corrected chi connectivity index (χ4v) is 5.18. The van der Waals surface area contributed by atoms with Crippen molar-refractivity contribution in [3.05, 3.63) is 23.8 Å². The number of aryl methyl sites for hydroxylation is 1. The van der Waals surface area contributed by atoms with E-state index in [1.54, 1.807) is 16.4 Å². The van der Waals surface area contributed by atoms with Gasteiger partial charge in [-0.2, -0.15) is 4.31 Å². The van der Waals surface area contributed by atoms with Crippen LogP contribution in [0.15, 0.2) is 23.1 Å². The van der Waals surface area contributed by atoms with Crippen molar-refractivity contribution in [2.45, 2.75) is 37.5 Å². The van der Waals surface area contributed by atoms with E-state index in [9.17, 15) is 8.42 Å². The molecule has 2 atom stereocenters. The topological polar surface area (TPSA) is 63.4 Å². The molecule has 3 rings (SSSR count). The first-order chi connectivity index (χ1) is 9.52. The summed E-state index contributed by atoms with van der Waals surface area (Å²) in [7, 11) is -3.37. The van der Waals surface area contributed by atoms with Crippen LogP contribution in [-0.4, -0.2) is 25.8 Å². The summed E-state index contributed by atoms with van der Waals surface area (Å²) < 4.78 is 27.0. The van der Waals surface area contributed by atoms with Crippen LogP contribution in [0, 0.1) is 11.8 Å². The third-order valence-electron chi connectivity index (χ3n) is 4.83. The zero-order chi connectivity index (χ0) is 14.3. The van der Waals surface area contributed by atoms with Gasteiger partial charge < -0.3 is 5.73 Å². The monoisotopic (exact) mass is 294 g/mol. The molecule has 1 aromatic rings. The molecule has 0 spiro atoms. The Kier molecular flexibility index (Phi) is 3.50. The highest BCUT2D eigenvalue weighted by Gasteiger charge is 2.41. The van der Waals surface area contributed by atoms with Crippen molar-refractivity contribution < 1.29 is 8.42 Å². The van der Waals surface area contributed by atoms with E-state index in [0.717, 1.165) is 12.0 Å². The van der Waals surface area contributed by atoms with E-state index in [0.29, 0.717) is 35.5 Å². The molecule has 1 saturated heterocycles. The molecule has 5 heteroatoms. The Labute approximate surface area is 121 Å². The molecule has 0 radical (unpaired) electrons. The summed E-state index contributed by atoms with van der Waals surface area (Å²) in [4.78, 5) is 0.340. The molecule has 2 aliphatic rings. The average molecular weight is 294 g/mol. The highest BCUT2D eigenvalue weighted by atomic mass is 32.2. The largest absolute Gasteiger partial charge is 0.398 e. The molecule has 1 aromatic carbocycles. The van der Waals surface area contributed by atoms with Crippen LogP contribution in [0.1, 0.15) is 31.7 Å². The van der Waals surface area contributed by atoms with E-state index < -0.39 is 10.0 Å². The van der Waals surface area contributed by atoms with Crippen molar-refractivity contribution >= 4 is 15.7 Å². The lowest BCUT2D eigenvalue weighted by molar-refractivity contribution is 0.445. The van der Waals surface area contributed by atoms with Crippen molar-refractivity contribution in [2.24, 2.45) is 11.8 Å². The minimum Gasteiger partial charge on any atom is -0.398 e. The maximum absolute atomic E-state index is 12.7. The van der Waals surface area contributed by atoms with Crippen molar-refractivity contribution in [1.29, 1.82) is 0 Å². The molecule has 2 unspecified atom stereocenters. The van der Waals surface area contributed by atoms with Gasteiger partial charge in [0.1, 0.15) is 0 Å². The Hall–Kier alpha value is -1.07. The lowest BCUT2D eigenvalue weighted by Gasteiger charge is -2.18. The molecule has 0 bridgehead atoms. The molecule has 1 heterocycles. The molecular formula is C15H22N2O2S. The number of nitrogen functional groups attached to an aromatic ring is 1. The molecule has 2 fully saturated rings. The highest BCUT2D eigenvalue weighted by Crippen LogP contribution is 2.39. The maximum Gasteiger partial charge on any atom is 0.243 e. The minimum absolute atomic E-state index is 0.340. The maximum atomic E-state index is 12.7. The fraction of sp³-hybridized carbons (Fsp3) is 0.600. The number of sulfonamides is 1. The molecule has 110 valence electrons. The molecule has 2 N–H and O–H groups in total. The Morgan fingerprint density at radius 2 is 1.90 bits per heavy atom. The summed E-state index contributed by atoms with van der Waals surface area (Å²) in [6, 6.07) is 5.14. The van der Waals surface area contributed by atoms with Crippen molar-refractivity contribution in [3.63, 3.8) is 0 Å². The van der Waals surface area contributed by atoms with Crippen LogP contribution in [0.4, 0.5) is 5.69 Å². The normalized spacial score (nSPS) is 26.9. The predicted molar refractivity (Wildman–Crippen MR) is 79.8 cm³/mol. The predicted octanol–water partition coefficient (Wildman–Crippen LogP) is 2.25. The zero-order valence-corrected chi connectivity index (χ0v) is 12.7. The van der Waals surface area contributed by atoms with Crippen molar-refractivity contribution in [2.75, 3.05) is 18.8 Å². The van der Waals surface area contributed by atoms with Crippen LogP contribution < -0.4 is 5.73 Å². The molecular weight excluding hydrogens is 272 g/mol. The first-order valence-electron chi connectivity index (χ1n) is 7.41. The molecule has 0 aromatic heterocycles. The van der Waals surface area contributed by atoms with Crippen LogP contribution in [0.3, 0.4) is 0 Å². The van der Waals surface area contributed by atoms with Crippen molar-refractivity contribution in [1.82, 2.24) is 4.31 Å². The van der Waals surface area contributed by atoms with Gasteiger partial charge in [0.05, 0.1) is 4.90 Å². The molecule has 1 aliphatic heterocycles. The van der Waals surface area contributed by atoms with Crippen LogP contribution in [0.2, 0.25) is 0 Å². The number of hydrogen-bond acceptors (Lipinski definition) is 3. The summed E-state index contributed by atoms with van der Waals surface area (Å²) >= 11 is 0. The van der Waals surface area contributed by atoms with Gasteiger partial charge in [-0.15, -0.1) is 0 Å². The van der Waals surface area contributed by atoms with E-state index in [-0.39, 0.29) is 0 Å². The number of benzene rings is 1. The second-order valence-electron chi connectivity index (χ2n) is 5.99. The second-order valence-corrected chi connectivity index (χ2v) is 7.93. The first-order valence-corrected chi connectivity index (χ1v) is 8.85. The minimum atomic E-state index is -3.37. The van der Waals surface area contributed by atoms with E-state index in [2.05, 4.69) is 0 Å². The summed E-state index contributed by atoms with van der Waals surface area (Å²) in [6.07, 6.45) is 4.42. The second kappa shape index (κ2) is 5.04. The van der Waals surface area contributed by atoms with Gasteiger partial charge in [0.15, 0.2) is 0 Å². The lowest BCUT2D eigenvalue weighted by Crippen LogP contribution is -2.29. The summed E-state index contributed by atoms with van der Waals surface area (Å²) in [5.74, 6) is 1.13. The van der Waals surface area contributed by atoms with Gasteiger partial charge in [-0.1, -0.05) is 19.4 Å². The standard InChI is InChI=1S/C15H22N2O2S/c1-2-11-6-7-14(8-15(11)16)20(18,19)17-9-12-4-3-5-13(12)10-17/h6-8,12-13H,2-5,9-10,16H2,1H3. The van der Waals surface area contributed by atoms with Gasteiger partial charge >= 0.3 is 0 Å². The van der Waals surface area contributed by atoms with Crippen molar-refractivity contribution in [3.8, 4) is 0 Å². The fourth-order valence-electron chi connectivity index (χ4n) is 3.59. The van der Waals surface area contributed by atoms with Crippen LogP contribution in [0.25, 0.3) is 0 Å². The van der Waals surface area contributed by atoms with E-state index in [1.807, 2.05) is 13.0 Å². The summed E-state index contributed by atoms with van der Waals surface area (Å²) in [6.45, 7) is 3.38. The Bertz CT molecular complexity index is 600. The zero-order valence-electron chi connectivity index (χ0n) is 11.9.